The van der Waals surface area contributed by atoms with Gasteiger partial charge in [-0.1, -0.05) is 30.3 Å². The molecule has 0 fully saturated rings. The number of amides is 1. The van der Waals surface area contributed by atoms with Gasteiger partial charge in [0.25, 0.3) is 5.91 Å². The molecule has 0 bridgehead atoms. The number of nitrogens with one attached hydrogen (secondary N) is 1. The molecule has 1 N–H and O–H groups in total. The molecular formula is C19H24N2O3S. The molecule has 25 heavy (non-hydrogen) atoms. The van der Waals surface area contributed by atoms with Gasteiger partial charge in [0.15, 0.2) is 0 Å². The van der Waals surface area contributed by atoms with Crippen molar-refractivity contribution in [3.63, 3.8) is 0 Å². The van der Waals surface area contributed by atoms with Crippen LogP contribution in [-0.2, 0) is 16.4 Å². The van der Waals surface area contributed by atoms with Crippen molar-refractivity contribution in [2.24, 2.45) is 0 Å². The number of benzene rings is 2. The first-order chi connectivity index (χ1) is 11.8. The van der Waals surface area contributed by atoms with Crippen molar-refractivity contribution < 1.29 is 13.2 Å². The number of hydrogen-bond acceptors (Lipinski definition) is 3. The highest BCUT2D eigenvalue weighted by molar-refractivity contribution is 7.89. The third-order valence-electron chi connectivity index (χ3n) is 3.98. The normalized spacial score (nSPS) is 12.8. The van der Waals surface area contributed by atoms with Crippen LogP contribution in [0.25, 0.3) is 0 Å². The number of carbonyl (C=O) groups is 1. The zero-order valence-electron chi connectivity index (χ0n) is 14.8. The molecule has 0 aliphatic carbocycles. The molecular weight excluding hydrogens is 336 g/mol. The summed E-state index contributed by atoms with van der Waals surface area (Å²) in [6, 6.07) is 16.1. The number of sulfonamides is 1. The van der Waals surface area contributed by atoms with E-state index in [1.807, 2.05) is 25.1 Å². The average Bonchev–Trinajstić information content (AvgIpc) is 2.60. The quantitative estimate of drug-likeness (QED) is 0.825. The zero-order chi connectivity index (χ0) is 18.4. The Labute approximate surface area is 149 Å². The van der Waals surface area contributed by atoms with Crippen molar-refractivity contribution in [1.29, 1.82) is 0 Å². The predicted molar refractivity (Wildman–Crippen MR) is 99.0 cm³/mol. The van der Waals surface area contributed by atoms with E-state index in [4.69, 9.17) is 0 Å². The lowest BCUT2D eigenvalue weighted by molar-refractivity contribution is 0.0938. The van der Waals surface area contributed by atoms with Gasteiger partial charge < -0.3 is 5.32 Å². The van der Waals surface area contributed by atoms with Crippen LogP contribution in [-0.4, -0.2) is 38.8 Å². The van der Waals surface area contributed by atoms with Gasteiger partial charge in [0.1, 0.15) is 0 Å². The molecule has 1 atom stereocenters. The standard InChI is InChI=1S/C19H24N2O3S/c1-15(9-10-16-7-5-4-6-8-16)20-19(22)17-11-13-18(14-12-17)25(23,24)21(2)3/h4-8,11-15H,9-10H2,1-3H3,(H,20,22). The van der Waals surface area contributed by atoms with E-state index in [0.717, 1.165) is 17.1 Å². The Balaban J connectivity index is 1.94. The van der Waals surface area contributed by atoms with Gasteiger partial charge in [-0.3, -0.25) is 4.79 Å². The molecule has 0 saturated carbocycles. The minimum absolute atomic E-state index is 0.0258. The van der Waals surface area contributed by atoms with Gasteiger partial charge in [0, 0.05) is 25.7 Å². The van der Waals surface area contributed by atoms with Crippen LogP contribution in [0.4, 0.5) is 0 Å². The van der Waals surface area contributed by atoms with E-state index >= 15 is 0 Å². The maximum Gasteiger partial charge on any atom is 0.251 e. The summed E-state index contributed by atoms with van der Waals surface area (Å²) in [5, 5.41) is 2.95. The Morgan fingerprint density at radius 1 is 1.04 bits per heavy atom. The molecule has 0 aliphatic rings. The van der Waals surface area contributed by atoms with Crippen LogP contribution < -0.4 is 5.32 Å². The Hall–Kier alpha value is -2.18. The van der Waals surface area contributed by atoms with Crippen molar-refractivity contribution in [2.45, 2.75) is 30.7 Å². The topological polar surface area (TPSA) is 66.5 Å². The summed E-state index contributed by atoms with van der Waals surface area (Å²) in [7, 11) is -0.527. The molecule has 0 spiro atoms. The first-order valence-electron chi connectivity index (χ1n) is 8.18. The van der Waals surface area contributed by atoms with Crippen molar-refractivity contribution in [3.05, 3.63) is 65.7 Å². The fourth-order valence-electron chi connectivity index (χ4n) is 2.40. The van der Waals surface area contributed by atoms with Crippen molar-refractivity contribution in [1.82, 2.24) is 9.62 Å². The molecule has 2 aromatic carbocycles. The predicted octanol–water partition coefficient (Wildman–Crippen LogP) is 2.69. The maximum absolute atomic E-state index is 12.3. The lowest BCUT2D eigenvalue weighted by atomic mass is 10.1. The van der Waals surface area contributed by atoms with E-state index in [-0.39, 0.29) is 16.8 Å². The average molecular weight is 360 g/mol. The SMILES string of the molecule is CC(CCc1ccccc1)NC(=O)c1ccc(S(=O)(=O)N(C)C)cc1. The molecule has 0 radical (unpaired) electrons. The van der Waals surface area contributed by atoms with Gasteiger partial charge in [-0.05, 0) is 49.6 Å². The first-order valence-corrected chi connectivity index (χ1v) is 9.62. The molecule has 1 unspecified atom stereocenters. The summed E-state index contributed by atoms with van der Waals surface area (Å²) in [6.07, 6.45) is 1.73. The molecule has 6 heteroatoms. The number of rotatable bonds is 7. The Bertz CT molecular complexity index is 800. The number of hydrogen-bond donors (Lipinski definition) is 1. The van der Waals surface area contributed by atoms with E-state index in [1.54, 1.807) is 0 Å². The number of nitrogens with zero attached hydrogens (tertiary/aromatic N) is 1. The van der Waals surface area contributed by atoms with Crippen LogP contribution in [0, 0.1) is 0 Å². The molecule has 1 amide bonds. The first kappa shape index (κ1) is 19.1. The van der Waals surface area contributed by atoms with Crippen LogP contribution in [0.2, 0.25) is 0 Å². The second kappa shape index (κ2) is 8.27. The fraction of sp³-hybridized carbons (Fsp3) is 0.316. The van der Waals surface area contributed by atoms with E-state index in [9.17, 15) is 13.2 Å². The molecule has 134 valence electrons. The van der Waals surface area contributed by atoms with Gasteiger partial charge in [0.05, 0.1) is 4.90 Å². The zero-order valence-corrected chi connectivity index (χ0v) is 15.6. The van der Waals surface area contributed by atoms with Crippen molar-refractivity contribution in [2.75, 3.05) is 14.1 Å². The van der Waals surface area contributed by atoms with Gasteiger partial charge in [-0.2, -0.15) is 0 Å². The second-order valence-electron chi connectivity index (χ2n) is 6.21. The Kier molecular flexibility index (Phi) is 6.33. The highest BCUT2D eigenvalue weighted by atomic mass is 32.2. The maximum atomic E-state index is 12.3. The molecule has 0 heterocycles. The van der Waals surface area contributed by atoms with Gasteiger partial charge in [-0.15, -0.1) is 0 Å². The summed E-state index contributed by atoms with van der Waals surface area (Å²) in [6.45, 7) is 1.96. The monoisotopic (exact) mass is 360 g/mol. The smallest absolute Gasteiger partial charge is 0.251 e. The summed E-state index contributed by atoms with van der Waals surface area (Å²) < 4.78 is 25.2. The summed E-state index contributed by atoms with van der Waals surface area (Å²) >= 11 is 0. The van der Waals surface area contributed by atoms with Crippen LogP contribution in [0.5, 0.6) is 0 Å². The van der Waals surface area contributed by atoms with Crippen LogP contribution >= 0.6 is 0 Å². The third-order valence-corrected chi connectivity index (χ3v) is 5.81. The van der Waals surface area contributed by atoms with E-state index in [1.165, 1.54) is 43.9 Å². The number of aryl methyl sites for hydroxylation is 1. The molecule has 0 saturated heterocycles. The van der Waals surface area contributed by atoms with E-state index < -0.39 is 10.0 Å². The molecule has 0 aromatic heterocycles. The fourth-order valence-corrected chi connectivity index (χ4v) is 3.30. The Morgan fingerprint density at radius 3 is 2.20 bits per heavy atom. The minimum Gasteiger partial charge on any atom is -0.350 e. The van der Waals surface area contributed by atoms with Gasteiger partial charge in [-0.25, -0.2) is 12.7 Å². The van der Waals surface area contributed by atoms with Crippen molar-refractivity contribution in [3.8, 4) is 0 Å². The van der Waals surface area contributed by atoms with Gasteiger partial charge in [0.2, 0.25) is 10.0 Å². The highest BCUT2D eigenvalue weighted by Gasteiger charge is 2.18. The second-order valence-corrected chi connectivity index (χ2v) is 8.36. The Morgan fingerprint density at radius 2 is 1.64 bits per heavy atom. The molecule has 5 nitrogen and oxygen atoms in total. The largest absolute Gasteiger partial charge is 0.350 e. The van der Waals surface area contributed by atoms with Crippen LogP contribution in [0.3, 0.4) is 0 Å². The van der Waals surface area contributed by atoms with E-state index in [2.05, 4.69) is 17.4 Å². The van der Waals surface area contributed by atoms with E-state index in [0.29, 0.717) is 5.56 Å². The third kappa shape index (κ3) is 5.14. The summed E-state index contributed by atoms with van der Waals surface area (Å²) in [4.78, 5) is 12.5. The molecule has 2 rings (SSSR count). The van der Waals surface area contributed by atoms with Crippen LogP contribution in [0.1, 0.15) is 29.3 Å². The number of carbonyl (C=O) groups excluding carboxylic acids is 1. The highest BCUT2D eigenvalue weighted by Crippen LogP contribution is 2.14. The summed E-state index contributed by atoms with van der Waals surface area (Å²) in [5.74, 6) is -0.200. The lowest BCUT2D eigenvalue weighted by Crippen LogP contribution is -2.33. The molecule has 2 aromatic rings. The summed E-state index contributed by atoms with van der Waals surface area (Å²) in [5.41, 5.74) is 1.69. The van der Waals surface area contributed by atoms with Gasteiger partial charge >= 0.3 is 0 Å². The van der Waals surface area contributed by atoms with Crippen molar-refractivity contribution >= 4 is 15.9 Å². The van der Waals surface area contributed by atoms with Crippen LogP contribution in [0.15, 0.2) is 59.5 Å². The lowest BCUT2D eigenvalue weighted by Gasteiger charge is -2.15. The minimum atomic E-state index is -3.48. The molecule has 0 aliphatic heterocycles.